The topological polar surface area (TPSA) is 45.6 Å². The van der Waals surface area contributed by atoms with Crippen molar-refractivity contribution in [2.24, 2.45) is 0 Å². The van der Waals surface area contributed by atoms with E-state index in [1.54, 1.807) is 7.11 Å². The van der Waals surface area contributed by atoms with Gasteiger partial charge in [0.15, 0.2) is 0 Å². The number of methoxy groups -OCH3 is 1. The largest absolute Gasteiger partial charge is 0.481 e. The first-order valence-corrected chi connectivity index (χ1v) is 11.9. The minimum absolute atomic E-state index is 0.541. The van der Waals surface area contributed by atoms with Gasteiger partial charge >= 0.3 is 0 Å². The number of benzene rings is 4. The minimum atomic E-state index is -1.21. The van der Waals surface area contributed by atoms with Crippen LogP contribution in [0, 0.1) is 0 Å². The van der Waals surface area contributed by atoms with Gasteiger partial charge in [-0.25, -0.2) is 4.98 Å². The zero-order valence-corrected chi connectivity index (χ0v) is 20.4. The van der Waals surface area contributed by atoms with E-state index in [1.807, 2.05) is 74.8 Å². The van der Waals surface area contributed by atoms with Crippen LogP contribution >= 0.6 is 0 Å². The third-order valence-electron chi connectivity index (χ3n) is 6.70. The van der Waals surface area contributed by atoms with Crippen molar-refractivity contribution < 1.29 is 9.84 Å². The van der Waals surface area contributed by atoms with Crippen LogP contribution in [-0.2, 0) is 5.60 Å². The lowest BCUT2D eigenvalue weighted by molar-refractivity contribution is 0.0658. The van der Waals surface area contributed by atoms with Gasteiger partial charge in [0.1, 0.15) is 5.60 Å². The number of nitrogens with zero attached hydrogens (tertiary/aromatic N) is 2. The van der Waals surface area contributed by atoms with Gasteiger partial charge in [0.2, 0.25) is 5.88 Å². The molecular weight excluding hydrogens is 432 g/mol. The van der Waals surface area contributed by atoms with Gasteiger partial charge in [-0.05, 0) is 60.1 Å². The van der Waals surface area contributed by atoms with Crippen LogP contribution in [0.4, 0.5) is 0 Å². The Labute approximate surface area is 206 Å². The molecule has 1 atom stereocenters. The van der Waals surface area contributed by atoms with Gasteiger partial charge in [-0.15, -0.1) is 0 Å². The second-order valence-corrected chi connectivity index (χ2v) is 9.22. The van der Waals surface area contributed by atoms with Gasteiger partial charge in [0.25, 0.3) is 0 Å². The third-order valence-corrected chi connectivity index (χ3v) is 6.70. The van der Waals surface area contributed by atoms with Gasteiger partial charge in [0, 0.05) is 17.5 Å². The molecule has 0 bridgehead atoms. The maximum atomic E-state index is 12.6. The van der Waals surface area contributed by atoms with E-state index in [4.69, 9.17) is 9.72 Å². The molecule has 35 heavy (non-hydrogen) atoms. The summed E-state index contributed by atoms with van der Waals surface area (Å²) in [5.41, 5.74) is 3.26. The zero-order chi connectivity index (χ0) is 24.4. The number of aliphatic hydroxyl groups is 1. The number of pyridine rings is 1. The molecule has 0 fully saturated rings. The predicted octanol–water partition coefficient (Wildman–Crippen LogP) is 6.25. The summed E-state index contributed by atoms with van der Waals surface area (Å²) in [6.07, 6.45) is 0.541. The highest BCUT2D eigenvalue weighted by Gasteiger charge is 2.35. The second kappa shape index (κ2) is 9.49. The Morgan fingerprint density at radius 3 is 2.20 bits per heavy atom. The van der Waals surface area contributed by atoms with Crippen LogP contribution in [0.1, 0.15) is 17.5 Å². The molecule has 5 aromatic rings. The van der Waals surface area contributed by atoms with Gasteiger partial charge in [0.05, 0.1) is 12.6 Å². The van der Waals surface area contributed by atoms with Gasteiger partial charge < -0.3 is 14.7 Å². The average molecular weight is 463 g/mol. The maximum Gasteiger partial charge on any atom is 0.221 e. The lowest BCUT2D eigenvalue weighted by atomic mass is 9.79. The summed E-state index contributed by atoms with van der Waals surface area (Å²) >= 11 is 0. The van der Waals surface area contributed by atoms with Crippen LogP contribution in [0.5, 0.6) is 5.88 Å². The molecule has 0 aliphatic rings. The molecule has 0 saturated carbocycles. The molecule has 1 heterocycles. The fraction of sp³-hybridized carbons (Fsp3) is 0.194. The summed E-state index contributed by atoms with van der Waals surface area (Å²) in [4.78, 5) is 6.96. The van der Waals surface area contributed by atoms with E-state index in [-0.39, 0.29) is 0 Å². The smallest absolute Gasteiger partial charge is 0.221 e. The van der Waals surface area contributed by atoms with Crippen molar-refractivity contribution in [2.45, 2.75) is 12.0 Å². The monoisotopic (exact) mass is 462 g/mol. The molecule has 0 saturated heterocycles. The van der Waals surface area contributed by atoms with Crippen molar-refractivity contribution in [1.29, 1.82) is 0 Å². The molecule has 4 heteroatoms. The first-order chi connectivity index (χ1) is 17.0. The van der Waals surface area contributed by atoms with E-state index in [2.05, 4.69) is 41.3 Å². The Balaban J connectivity index is 1.80. The van der Waals surface area contributed by atoms with Crippen molar-refractivity contribution in [3.05, 3.63) is 108 Å². The van der Waals surface area contributed by atoms with E-state index >= 15 is 0 Å². The Morgan fingerprint density at radius 1 is 0.800 bits per heavy atom. The van der Waals surface area contributed by atoms with Gasteiger partial charge in [-0.2, -0.15) is 0 Å². The highest BCUT2D eigenvalue weighted by molar-refractivity contribution is 5.92. The number of fused-ring (bicyclic) bond motifs is 2. The number of ether oxygens (including phenoxy) is 1. The number of hydrogen-bond donors (Lipinski definition) is 1. The molecule has 0 aliphatic heterocycles. The summed E-state index contributed by atoms with van der Waals surface area (Å²) in [5, 5.41) is 15.7. The molecule has 176 valence electrons. The summed E-state index contributed by atoms with van der Waals surface area (Å²) in [5.74, 6) is 0.572. The van der Waals surface area contributed by atoms with E-state index in [1.165, 1.54) is 0 Å². The summed E-state index contributed by atoms with van der Waals surface area (Å²) in [6, 6.07) is 32.6. The van der Waals surface area contributed by atoms with Crippen LogP contribution in [0.2, 0.25) is 0 Å². The molecule has 1 unspecified atom stereocenters. The third kappa shape index (κ3) is 4.27. The van der Waals surface area contributed by atoms with E-state index in [0.29, 0.717) is 12.3 Å². The van der Waals surface area contributed by atoms with Crippen LogP contribution in [-0.4, -0.2) is 42.7 Å². The van der Waals surface area contributed by atoms with Crippen molar-refractivity contribution >= 4 is 21.7 Å². The van der Waals surface area contributed by atoms with Crippen molar-refractivity contribution in [3.63, 3.8) is 0 Å². The second-order valence-electron chi connectivity index (χ2n) is 9.22. The van der Waals surface area contributed by atoms with E-state index in [9.17, 15) is 5.11 Å². The molecule has 1 aromatic heterocycles. The normalized spacial score (nSPS) is 13.3. The fourth-order valence-electron chi connectivity index (χ4n) is 4.90. The predicted molar refractivity (Wildman–Crippen MR) is 144 cm³/mol. The van der Waals surface area contributed by atoms with E-state index < -0.39 is 5.60 Å². The lowest BCUT2D eigenvalue weighted by Crippen LogP contribution is -2.32. The maximum absolute atomic E-state index is 12.6. The first kappa shape index (κ1) is 23.0. The van der Waals surface area contributed by atoms with Crippen molar-refractivity contribution in [3.8, 4) is 17.0 Å². The highest BCUT2D eigenvalue weighted by Crippen LogP contribution is 2.42. The molecule has 0 amide bonds. The van der Waals surface area contributed by atoms with Crippen LogP contribution in [0.15, 0.2) is 97.1 Å². The standard InChI is InChI=1S/C31H30N2O2/c1-33(2)20-19-31(34,27-16-9-14-22-13-7-8-15-24(22)27)28-17-10-18-29-26(28)21-25(30(32-29)35-3)23-11-5-4-6-12-23/h4-18,21,34H,19-20H2,1-3H3. The number of hydrogen-bond acceptors (Lipinski definition) is 4. The Bertz CT molecular complexity index is 1470. The molecule has 5 rings (SSSR count). The van der Waals surface area contributed by atoms with Gasteiger partial charge in [-0.1, -0.05) is 84.9 Å². The molecule has 1 N–H and O–H groups in total. The quantitative estimate of drug-likeness (QED) is 0.310. The SMILES string of the molecule is COc1nc2cccc(C(O)(CCN(C)C)c3cccc4ccccc34)c2cc1-c1ccccc1. The molecule has 4 aromatic carbocycles. The molecule has 0 spiro atoms. The average Bonchev–Trinajstić information content (AvgIpc) is 2.90. The number of aromatic nitrogens is 1. The lowest BCUT2D eigenvalue weighted by Gasteiger charge is -2.33. The van der Waals surface area contributed by atoms with Crippen molar-refractivity contribution in [1.82, 2.24) is 9.88 Å². The fourth-order valence-corrected chi connectivity index (χ4v) is 4.90. The number of rotatable bonds is 7. The minimum Gasteiger partial charge on any atom is -0.481 e. The Hall–Kier alpha value is -3.73. The zero-order valence-electron chi connectivity index (χ0n) is 20.4. The molecule has 0 radical (unpaired) electrons. The summed E-state index contributed by atoms with van der Waals surface area (Å²) in [6.45, 7) is 0.727. The van der Waals surface area contributed by atoms with Gasteiger partial charge in [-0.3, -0.25) is 0 Å². The molecule has 0 aliphatic carbocycles. The summed E-state index contributed by atoms with van der Waals surface area (Å²) < 4.78 is 5.67. The van der Waals surface area contributed by atoms with Crippen LogP contribution in [0.3, 0.4) is 0 Å². The van der Waals surface area contributed by atoms with Crippen LogP contribution < -0.4 is 4.74 Å². The molecule has 4 nitrogen and oxygen atoms in total. The first-order valence-electron chi connectivity index (χ1n) is 11.9. The van der Waals surface area contributed by atoms with Crippen LogP contribution in [0.25, 0.3) is 32.8 Å². The van der Waals surface area contributed by atoms with Crippen molar-refractivity contribution in [2.75, 3.05) is 27.7 Å². The van der Waals surface area contributed by atoms with E-state index in [0.717, 1.165) is 50.5 Å². The highest BCUT2D eigenvalue weighted by atomic mass is 16.5. The summed E-state index contributed by atoms with van der Waals surface area (Å²) in [7, 11) is 5.72. The molecular formula is C31H30N2O2. The Kier molecular flexibility index (Phi) is 6.25. The Morgan fingerprint density at radius 2 is 1.46 bits per heavy atom.